The molecule has 5 nitrogen and oxygen atoms in total. The van der Waals surface area contributed by atoms with Crippen LogP contribution >= 0.6 is 11.3 Å². The van der Waals surface area contributed by atoms with Gasteiger partial charge in [-0.15, -0.1) is 11.3 Å². The number of hydrogen-bond donors (Lipinski definition) is 1. The summed E-state index contributed by atoms with van der Waals surface area (Å²) < 4.78 is 3.19. The van der Waals surface area contributed by atoms with Crippen molar-refractivity contribution in [2.45, 2.75) is 12.8 Å². The van der Waals surface area contributed by atoms with Crippen LogP contribution in [0.2, 0.25) is 0 Å². The van der Waals surface area contributed by atoms with Crippen molar-refractivity contribution >= 4 is 38.6 Å². The lowest BCUT2D eigenvalue weighted by Crippen LogP contribution is -2.19. The lowest BCUT2D eigenvalue weighted by Gasteiger charge is -2.30. The van der Waals surface area contributed by atoms with Crippen molar-refractivity contribution in [2.24, 2.45) is 0 Å². The fraction of sp³-hybridized carbons (Fsp3) is 0.0645. The van der Waals surface area contributed by atoms with Gasteiger partial charge < -0.3 is 5.32 Å². The number of para-hydroxylation sites is 2. The zero-order chi connectivity index (χ0) is 24.8. The van der Waals surface area contributed by atoms with E-state index in [2.05, 4.69) is 77.9 Å². The minimum atomic E-state index is -0.0850. The van der Waals surface area contributed by atoms with Gasteiger partial charge in [0.05, 0.1) is 27.3 Å². The van der Waals surface area contributed by atoms with Crippen LogP contribution in [0.1, 0.15) is 33.3 Å². The van der Waals surface area contributed by atoms with Crippen LogP contribution in [-0.2, 0) is 0 Å². The fourth-order valence-corrected chi connectivity index (χ4v) is 6.21. The van der Waals surface area contributed by atoms with Crippen LogP contribution < -0.4 is 5.32 Å². The SMILES string of the molecule is Cc1nn(-c2ccccc2)c2c1[C@H](c1cccnc1)C(c1nc3ccccc3s1)=C(c1ccccc1)N2. The number of hydrogen-bond acceptors (Lipinski definition) is 5. The van der Waals surface area contributed by atoms with Gasteiger partial charge in [-0.2, -0.15) is 5.10 Å². The zero-order valence-corrected chi connectivity index (χ0v) is 21.0. The van der Waals surface area contributed by atoms with Gasteiger partial charge >= 0.3 is 0 Å². The average Bonchev–Trinajstić information content (AvgIpc) is 3.54. The van der Waals surface area contributed by atoms with Gasteiger partial charge in [-0.25, -0.2) is 9.67 Å². The molecule has 3 aromatic carbocycles. The van der Waals surface area contributed by atoms with Gasteiger partial charge in [0.2, 0.25) is 0 Å². The molecule has 0 bridgehead atoms. The number of thiazole rings is 1. The first-order chi connectivity index (χ1) is 18.3. The van der Waals surface area contributed by atoms with Crippen LogP contribution in [0, 0.1) is 6.92 Å². The fourth-order valence-electron chi connectivity index (χ4n) is 5.17. The Morgan fingerprint density at radius 3 is 2.35 bits per heavy atom. The molecule has 7 rings (SSSR count). The summed E-state index contributed by atoms with van der Waals surface area (Å²) in [5, 5.41) is 9.85. The lowest BCUT2D eigenvalue weighted by atomic mass is 9.81. The summed E-state index contributed by atoms with van der Waals surface area (Å²) in [6.45, 7) is 2.09. The maximum absolute atomic E-state index is 5.13. The molecule has 0 saturated carbocycles. The van der Waals surface area contributed by atoms with Crippen molar-refractivity contribution < 1.29 is 0 Å². The monoisotopic (exact) mass is 497 g/mol. The topological polar surface area (TPSA) is 55.6 Å². The Kier molecular flexibility index (Phi) is 5.18. The molecule has 0 unspecified atom stereocenters. The third-order valence-electron chi connectivity index (χ3n) is 6.80. The summed E-state index contributed by atoms with van der Waals surface area (Å²) >= 11 is 1.73. The summed E-state index contributed by atoms with van der Waals surface area (Å²) in [6, 6.07) is 33.3. The van der Waals surface area contributed by atoms with Crippen LogP contribution in [0.15, 0.2) is 109 Å². The van der Waals surface area contributed by atoms with Gasteiger partial charge in [-0.3, -0.25) is 4.98 Å². The molecule has 0 amide bonds. The Hall–Kier alpha value is -4.55. The second kappa shape index (κ2) is 8.84. The van der Waals surface area contributed by atoms with E-state index in [1.54, 1.807) is 11.3 Å². The van der Waals surface area contributed by atoms with Gasteiger partial charge in [-0.05, 0) is 48.4 Å². The highest BCUT2D eigenvalue weighted by atomic mass is 32.1. The van der Waals surface area contributed by atoms with Crippen LogP contribution in [0.25, 0.3) is 27.2 Å². The van der Waals surface area contributed by atoms with E-state index in [0.717, 1.165) is 55.7 Å². The highest BCUT2D eigenvalue weighted by molar-refractivity contribution is 7.19. The highest BCUT2D eigenvalue weighted by Crippen LogP contribution is 2.51. The largest absolute Gasteiger partial charge is 0.339 e. The molecule has 37 heavy (non-hydrogen) atoms. The molecular weight excluding hydrogens is 474 g/mol. The zero-order valence-electron chi connectivity index (χ0n) is 20.2. The quantitative estimate of drug-likeness (QED) is 0.277. The Labute approximate surface area is 218 Å². The first kappa shape index (κ1) is 21.7. The summed E-state index contributed by atoms with van der Waals surface area (Å²) in [5.74, 6) is 0.888. The summed E-state index contributed by atoms with van der Waals surface area (Å²) in [6.07, 6.45) is 3.79. The second-order valence-corrected chi connectivity index (χ2v) is 10.1. The number of benzene rings is 3. The number of rotatable bonds is 4. The van der Waals surface area contributed by atoms with Crippen molar-refractivity contribution in [3.63, 3.8) is 0 Å². The Balaban J connectivity index is 1.56. The maximum Gasteiger partial charge on any atom is 0.138 e. The Morgan fingerprint density at radius 1 is 0.838 bits per heavy atom. The molecule has 0 spiro atoms. The highest BCUT2D eigenvalue weighted by Gasteiger charge is 2.37. The third kappa shape index (κ3) is 3.65. The van der Waals surface area contributed by atoms with Crippen molar-refractivity contribution in [1.29, 1.82) is 0 Å². The van der Waals surface area contributed by atoms with Crippen molar-refractivity contribution in [1.82, 2.24) is 19.7 Å². The van der Waals surface area contributed by atoms with E-state index in [4.69, 9.17) is 10.1 Å². The lowest BCUT2D eigenvalue weighted by molar-refractivity contribution is 0.870. The number of aromatic nitrogens is 4. The minimum Gasteiger partial charge on any atom is -0.339 e. The first-order valence-corrected chi connectivity index (χ1v) is 13.1. The van der Waals surface area contributed by atoms with Crippen molar-refractivity contribution in [3.05, 3.63) is 137 Å². The standard InChI is InChI=1S/C31H23N5S/c1-20-26-27(22-13-10-18-32-19-22)28(31-33-24-16-8-9-17-25(24)37-31)29(21-11-4-2-5-12-21)34-30(26)36(35-20)23-14-6-3-7-15-23/h2-19,27,34H,1H3/t27-/m0/s1. The molecule has 1 atom stereocenters. The first-order valence-electron chi connectivity index (χ1n) is 12.3. The normalized spacial score (nSPS) is 15.0. The van der Waals surface area contributed by atoms with Crippen LogP contribution in [0.3, 0.4) is 0 Å². The molecule has 0 radical (unpaired) electrons. The van der Waals surface area contributed by atoms with Crippen molar-refractivity contribution in [2.75, 3.05) is 5.32 Å². The smallest absolute Gasteiger partial charge is 0.138 e. The molecule has 0 aliphatic carbocycles. The van der Waals surface area contributed by atoms with E-state index in [0.29, 0.717) is 0 Å². The van der Waals surface area contributed by atoms with Crippen molar-refractivity contribution in [3.8, 4) is 5.69 Å². The van der Waals surface area contributed by atoms with Gasteiger partial charge in [0.15, 0.2) is 0 Å². The van der Waals surface area contributed by atoms with E-state index in [1.807, 2.05) is 53.5 Å². The number of pyridine rings is 1. The van der Waals surface area contributed by atoms with E-state index in [1.165, 1.54) is 4.70 Å². The summed E-state index contributed by atoms with van der Waals surface area (Å²) in [5.41, 5.74) is 8.55. The summed E-state index contributed by atoms with van der Waals surface area (Å²) in [4.78, 5) is 9.64. The van der Waals surface area contributed by atoms with E-state index < -0.39 is 0 Å². The molecule has 178 valence electrons. The van der Waals surface area contributed by atoms with E-state index in [9.17, 15) is 0 Å². The minimum absolute atomic E-state index is 0.0850. The predicted octanol–water partition coefficient (Wildman–Crippen LogP) is 7.31. The molecular formula is C31H23N5S. The maximum atomic E-state index is 5.13. The van der Waals surface area contributed by atoms with Gasteiger partial charge in [0.1, 0.15) is 10.8 Å². The number of fused-ring (bicyclic) bond motifs is 2. The van der Waals surface area contributed by atoms with Gasteiger partial charge in [0.25, 0.3) is 0 Å². The molecule has 1 N–H and O–H groups in total. The second-order valence-electron chi connectivity index (χ2n) is 9.08. The van der Waals surface area contributed by atoms with Gasteiger partial charge in [-0.1, -0.05) is 66.7 Å². The number of nitrogens with zero attached hydrogens (tertiary/aromatic N) is 4. The van der Waals surface area contributed by atoms with E-state index >= 15 is 0 Å². The molecule has 6 heteroatoms. The third-order valence-corrected chi connectivity index (χ3v) is 7.87. The molecule has 0 fully saturated rings. The average molecular weight is 498 g/mol. The number of nitrogens with one attached hydrogen (secondary N) is 1. The molecule has 3 aromatic heterocycles. The van der Waals surface area contributed by atoms with Crippen LogP contribution in [0.5, 0.6) is 0 Å². The van der Waals surface area contributed by atoms with Crippen LogP contribution in [0.4, 0.5) is 5.82 Å². The molecule has 1 aliphatic rings. The summed E-state index contributed by atoms with van der Waals surface area (Å²) in [7, 11) is 0. The molecule has 6 aromatic rings. The van der Waals surface area contributed by atoms with Crippen LogP contribution in [-0.4, -0.2) is 19.7 Å². The number of aryl methyl sites for hydroxylation is 1. The Bertz CT molecular complexity index is 1720. The molecule has 0 saturated heterocycles. The number of allylic oxidation sites excluding steroid dienone is 1. The predicted molar refractivity (Wildman–Crippen MR) is 151 cm³/mol. The van der Waals surface area contributed by atoms with E-state index in [-0.39, 0.29) is 5.92 Å². The molecule has 4 heterocycles. The van der Waals surface area contributed by atoms with Gasteiger partial charge in [0, 0.05) is 29.4 Å². The molecule has 1 aliphatic heterocycles. The number of anilines is 1. The Morgan fingerprint density at radius 2 is 1.59 bits per heavy atom.